The smallest absolute Gasteiger partial charge is 0.262 e. The first-order chi connectivity index (χ1) is 12.2. The number of carbonyl (C=O) groups is 2. The van der Waals surface area contributed by atoms with Crippen LogP contribution in [-0.2, 0) is 9.59 Å². The number of hydrogen-bond acceptors (Lipinski definition) is 4. The first kappa shape index (κ1) is 17.0. The molecule has 1 aliphatic rings. The van der Waals surface area contributed by atoms with Crippen molar-refractivity contribution in [2.45, 2.75) is 6.42 Å². The van der Waals surface area contributed by atoms with Crippen molar-refractivity contribution in [2.75, 3.05) is 30.3 Å². The minimum atomic E-state index is -0.238. The van der Waals surface area contributed by atoms with Crippen molar-refractivity contribution in [3.8, 4) is 5.75 Å². The van der Waals surface area contributed by atoms with Crippen molar-refractivity contribution in [2.24, 2.45) is 5.92 Å². The molecule has 6 nitrogen and oxygen atoms in total. The van der Waals surface area contributed by atoms with Gasteiger partial charge in [-0.1, -0.05) is 24.3 Å². The molecule has 25 heavy (non-hydrogen) atoms. The van der Waals surface area contributed by atoms with Gasteiger partial charge >= 0.3 is 0 Å². The topological polar surface area (TPSA) is 79.5 Å². The lowest BCUT2D eigenvalue weighted by molar-refractivity contribution is -0.119. The molecule has 2 aromatic rings. The van der Waals surface area contributed by atoms with Crippen LogP contribution in [0.1, 0.15) is 6.42 Å². The van der Waals surface area contributed by atoms with Gasteiger partial charge in [-0.05, 0) is 37.2 Å². The minimum absolute atomic E-state index is 0.00113. The molecule has 1 atom stereocenters. The van der Waals surface area contributed by atoms with E-state index >= 15 is 0 Å². The third kappa shape index (κ3) is 5.06. The maximum atomic E-state index is 12.1. The fraction of sp³-hybridized carbons (Fsp3) is 0.263. The number of amides is 2. The normalized spacial score (nSPS) is 16.2. The second-order valence-corrected chi connectivity index (χ2v) is 5.91. The molecule has 0 bridgehead atoms. The van der Waals surface area contributed by atoms with Crippen LogP contribution in [0.3, 0.4) is 0 Å². The van der Waals surface area contributed by atoms with Crippen molar-refractivity contribution in [1.29, 1.82) is 0 Å². The molecular weight excluding hydrogens is 318 g/mol. The van der Waals surface area contributed by atoms with E-state index in [9.17, 15) is 9.59 Å². The van der Waals surface area contributed by atoms with Crippen molar-refractivity contribution < 1.29 is 14.3 Å². The monoisotopic (exact) mass is 339 g/mol. The zero-order valence-electron chi connectivity index (χ0n) is 13.8. The summed E-state index contributed by atoms with van der Waals surface area (Å²) in [6, 6.07) is 16.3. The molecule has 3 N–H and O–H groups in total. The predicted molar refractivity (Wildman–Crippen MR) is 96.6 cm³/mol. The maximum absolute atomic E-state index is 12.1. The quantitative estimate of drug-likeness (QED) is 0.754. The van der Waals surface area contributed by atoms with Crippen LogP contribution < -0.4 is 20.7 Å². The van der Waals surface area contributed by atoms with Gasteiger partial charge in [-0.15, -0.1) is 0 Å². The SMILES string of the molecule is O=C(COc1cccc(NC(=O)C2CCNC2)c1)Nc1ccccc1. The van der Waals surface area contributed by atoms with Crippen molar-refractivity contribution in [3.05, 3.63) is 54.6 Å². The zero-order chi connectivity index (χ0) is 17.5. The van der Waals surface area contributed by atoms with E-state index in [2.05, 4.69) is 16.0 Å². The van der Waals surface area contributed by atoms with Gasteiger partial charge in [-0.2, -0.15) is 0 Å². The molecule has 0 saturated carbocycles. The van der Waals surface area contributed by atoms with E-state index in [1.807, 2.05) is 30.3 Å². The van der Waals surface area contributed by atoms with Crippen LogP contribution >= 0.6 is 0 Å². The first-order valence-electron chi connectivity index (χ1n) is 8.30. The molecule has 1 aliphatic heterocycles. The molecule has 1 saturated heterocycles. The summed E-state index contributed by atoms with van der Waals surface area (Å²) in [5.74, 6) is 0.299. The van der Waals surface area contributed by atoms with Crippen molar-refractivity contribution in [3.63, 3.8) is 0 Å². The Labute approximate surface area is 146 Å². The highest BCUT2D eigenvalue weighted by Crippen LogP contribution is 2.19. The Balaban J connectivity index is 1.51. The molecule has 0 radical (unpaired) electrons. The zero-order valence-corrected chi connectivity index (χ0v) is 13.8. The molecule has 1 heterocycles. The Bertz CT molecular complexity index is 728. The number of para-hydroxylation sites is 1. The van der Waals surface area contributed by atoms with Gasteiger partial charge in [0.15, 0.2) is 6.61 Å². The maximum Gasteiger partial charge on any atom is 0.262 e. The van der Waals surface area contributed by atoms with Crippen LogP contribution in [0.2, 0.25) is 0 Å². The fourth-order valence-electron chi connectivity index (χ4n) is 2.65. The van der Waals surface area contributed by atoms with Crippen molar-refractivity contribution >= 4 is 23.2 Å². The number of rotatable bonds is 6. The molecule has 2 aromatic carbocycles. The summed E-state index contributed by atoms with van der Waals surface area (Å²) in [5, 5.41) is 8.82. The molecule has 130 valence electrons. The van der Waals surface area contributed by atoms with Gasteiger partial charge in [0, 0.05) is 24.0 Å². The van der Waals surface area contributed by atoms with E-state index in [1.165, 1.54) is 0 Å². The summed E-state index contributed by atoms with van der Waals surface area (Å²) in [5.41, 5.74) is 1.39. The summed E-state index contributed by atoms with van der Waals surface area (Å²) in [6.45, 7) is 1.48. The van der Waals surface area contributed by atoms with E-state index in [-0.39, 0.29) is 24.3 Å². The molecule has 6 heteroatoms. The number of hydrogen-bond donors (Lipinski definition) is 3. The number of carbonyl (C=O) groups excluding carboxylic acids is 2. The predicted octanol–water partition coefficient (Wildman–Crippen LogP) is 2.25. The highest BCUT2D eigenvalue weighted by Gasteiger charge is 2.22. The standard InChI is InChI=1S/C19H21N3O3/c23-18(21-15-5-2-1-3-6-15)13-25-17-8-4-7-16(11-17)22-19(24)14-9-10-20-12-14/h1-8,11,14,20H,9-10,12-13H2,(H,21,23)(H,22,24). The largest absolute Gasteiger partial charge is 0.484 e. The molecular formula is C19H21N3O3. The van der Waals surface area contributed by atoms with Gasteiger partial charge < -0.3 is 20.7 Å². The Hall–Kier alpha value is -2.86. The lowest BCUT2D eigenvalue weighted by Crippen LogP contribution is -2.24. The number of benzene rings is 2. The Morgan fingerprint density at radius 3 is 2.60 bits per heavy atom. The van der Waals surface area contributed by atoms with Gasteiger partial charge in [0.05, 0.1) is 5.92 Å². The lowest BCUT2D eigenvalue weighted by Gasteiger charge is -2.12. The Kier molecular flexibility index (Phi) is 5.64. The summed E-state index contributed by atoms with van der Waals surface area (Å²) in [4.78, 5) is 24.0. The Morgan fingerprint density at radius 2 is 1.84 bits per heavy atom. The van der Waals surface area contributed by atoms with Crippen molar-refractivity contribution in [1.82, 2.24) is 5.32 Å². The van der Waals surface area contributed by atoms with Crippen LogP contribution in [0, 0.1) is 5.92 Å². The van der Waals surface area contributed by atoms with Gasteiger partial charge in [-0.3, -0.25) is 9.59 Å². The van der Waals surface area contributed by atoms with E-state index < -0.39 is 0 Å². The van der Waals surface area contributed by atoms with Crippen LogP contribution in [0.25, 0.3) is 0 Å². The van der Waals surface area contributed by atoms with E-state index in [1.54, 1.807) is 24.3 Å². The summed E-state index contributed by atoms with van der Waals surface area (Å²) in [7, 11) is 0. The summed E-state index contributed by atoms with van der Waals surface area (Å²) in [6.07, 6.45) is 0.849. The second kappa shape index (κ2) is 8.30. The van der Waals surface area contributed by atoms with Gasteiger partial charge in [0.2, 0.25) is 5.91 Å². The second-order valence-electron chi connectivity index (χ2n) is 5.91. The van der Waals surface area contributed by atoms with E-state index in [0.29, 0.717) is 18.0 Å². The third-order valence-electron chi connectivity index (χ3n) is 3.96. The average molecular weight is 339 g/mol. The first-order valence-corrected chi connectivity index (χ1v) is 8.30. The minimum Gasteiger partial charge on any atom is -0.484 e. The number of anilines is 2. The van der Waals surface area contributed by atoms with Crippen LogP contribution in [0.15, 0.2) is 54.6 Å². The van der Waals surface area contributed by atoms with Crippen LogP contribution in [0.4, 0.5) is 11.4 Å². The van der Waals surface area contributed by atoms with Crippen LogP contribution in [0.5, 0.6) is 5.75 Å². The molecule has 1 fully saturated rings. The summed E-state index contributed by atoms with van der Waals surface area (Å²) < 4.78 is 5.51. The molecule has 0 aromatic heterocycles. The van der Waals surface area contributed by atoms with E-state index in [4.69, 9.17) is 4.74 Å². The molecule has 2 amide bonds. The average Bonchev–Trinajstić information content (AvgIpc) is 3.16. The molecule has 1 unspecified atom stereocenters. The highest BCUT2D eigenvalue weighted by molar-refractivity contribution is 5.93. The molecule has 3 rings (SSSR count). The highest BCUT2D eigenvalue weighted by atomic mass is 16.5. The molecule has 0 aliphatic carbocycles. The van der Waals surface area contributed by atoms with Gasteiger partial charge in [-0.25, -0.2) is 0 Å². The third-order valence-corrected chi connectivity index (χ3v) is 3.96. The number of nitrogens with one attached hydrogen (secondary N) is 3. The fourth-order valence-corrected chi connectivity index (χ4v) is 2.65. The molecule has 0 spiro atoms. The lowest BCUT2D eigenvalue weighted by atomic mass is 10.1. The summed E-state index contributed by atoms with van der Waals surface area (Å²) >= 11 is 0. The van der Waals surface area contributed by atoms with E-state index in [0.717, 1.165) is 18.7 Å². The Morgan fingerprint density at radius 1 is 1.04 bits per heavy atom. The number of ether oxygens (including phenoxy) is 1. The van der Waals surface area contributed by atoms with Crippen LogP contribution in [-0.4, -0.2) is 31.5 Å². The van der Waals surface area contributed by atoms with Gasteiger partial charge in [0.1, 0.15) is 5.75 Å². The van der Waals surface area contributed by atoms with Gasteiger partial charge in [0.25, 0.3) is 5.91 Å².